The van der Waals surface area contributed by atoms with E-state index in [1.807, 2.05) is 30.3 Å². The lowest BCUT2D eigenvalue weighted by Gasteiger charge is -2.19. The second-order valence-electron chi connectivity index (χ2n) is 5.87. The lowest BCUT2D eigenvalue weighted by molar-refractivity contribution is -0.115. The van der Waals surface area contributed by atoms with E-state index in [1.54, 1.807) is 6.08 Å². The summed E-state index contributed by atoms with van der Waals surface area (Å²) in [7, 11) is 0. The van der Waals surface area contributed by atoms with E-state index in [9.17, 15) is 4.79 Å². The van der Waals surface area contributed by atoms with Crippen molar-refractivity contribution < 1.29 is 4.79 Å². The molecule has 0 spiro atoms. The van der Waals surface area contributed by atoms with Crippen molar-refractivity contribution >= 4 is 17.4 Å². The van der Waals surface area contributed by atoms with Crippen molar-refractivity contribution in [2.45, 2.75) is 26.2 Å². The predicted octanol–water partition coefficient (Wildman–Crippen LogP) is 5.43. The molecule has 1 aliphatic carbocycles. The number of benzene rings is 2. The van der Waals surface area contributed by atoms with Gasteiger partial charge in [0.1, 0.15) is 0 Å². The quantitative estimate of drug-likeness (QED) is 0.739. The molecule has 2 unspecified atom stereocenters. The maximum atomic E-state index is 12.2. The first-order valence-electron chi connectivity index (χ1n) is 7.71. The normalized spacial score (nSPS) is 20.6. The zero-order valence-corrected chi connectivity index (χ0v) is 13.6. The van der Waals surface area contributed by atoms with Crippen LogP contribution in [0.4, 0.5) is 0 Å². The molecule has 0 bridgehead atoms. The molecule has 0 saturated heterocycles. The van der Waals surface area contributed by atoms with Crippen molar-refractivity contribution in [2.24, 2.45) is 5.92 Å². The highest BCUT2D eigenvalue weighted by atomic mass is 35.5. The van der Waals surface area contributed by atoms with E-state index < -0.39 is 0 Å². The van der Waals surface area contributed by atoms with Crippen molar-refractivity contribution in [3.05, 3.63) is 70.8 Å². The Bertz CT molecular complexity index is 728. The highest BCUT2D eigenvalue weighted by Crippen LogP contribution is 2.36. The van der Waals surface area contributed by atoms with E-state index in [0.717, 1.165) is 28.1 Å². The molecule has 0 amide bonds. The molecule has 0 fully saturated rings. The largest absolute Gasteiger partial charge is 0.294 e. The molecule has 1 nitrogen and oxygen atoms in total. The van der Waals surface area contributed by atoms with Crippen LogP contribution >= 0.6 is 11.6 Å². The highest BCUT2D eigenvalue weighted by Gasteiger charge is 2.30. The molecular formula is C20H19ClO. The lowest BCUT2D eigenvalue weighted by atomic mass is 9.83. The first-order valence-corrected chi connectivity index (χ1v) is 8.08. The summed E-state index contributed by atoms with van der Waals surface area (Å²) in [5.41, 5.74) is 4.68. The number of rotatable bonds is 3. The van der Waals surface area contributed by atoms with Crippen molar-refractivity contribution in [3.63, 3.8) is 0 Å². The summed E-state index contributed by atoms with van der Waals surface area (Å²) in [4.78, 5) is 12.2. The van der Waals surface area contributed by atoms with E-state index >= 15 is 0 Å². The first-order chi connectivity index (χ1) is 10.6. The second-order valence-corrected chi connectivity index (χ2v) is 6.31. The fourth-order valence-corrected chi connectivity index (χ4v) is 3.31. The minimum Gasteiger partial charge on any atom is -0.294 e. The Balaban J connectivity index is 2.07. The van der Waals surface area contributed by atoms with E-state index in [2.05, 4.69) is 32.0 Å². The van der Waals surface area contributed by atoms with Gasteiger partial charge in [0.15, 0.2) is 5.78 Å². The molecule has 112 valence electrons. The Kier molecular flexibility index (Phi) is 4.17. The molecule has 0 radical (unpaired) electrons. The van der Waals surface area contributed by atoms with Crippen LogP contribution in [0.25, 0.3) is 11.1 Å². The van der Waals surface area contributed by atoms with Crippen LogP contribution < -0.4 is 0 Å². The zero-order chi connectivity index (χ0) is 15.7. The molecule has 1 aliphatic rings. The summed E-state index contributed by atoms with van der Waals surface area (Å²) in [6.45, 7) is 4.25. The third-order valence-electron chi connectivity index (χ3n) is 4.44. The molecule has 22 heavy (non-hydrogen) atoms. The third kappa shape index (κ3) is 2.74. The van der Waals surface area contributed by atoms with Gasteiger partial charge >= 0.3 is 0 Å². The van der Waals surface area contributed by atoms with Gasteiger partial charge in [-0.15, -0.1) is 0 Å². The summed E-state index contributed by atoms with van der Waals surface area (Å²) < 4.78 is 0. The average Bonchev–Trinajstić information content (AvgIpc) is 2.86. The van der Waals surface area contributed by atoms with Crippen molar-refractivity contribution in [2.75, 3.05) is 0 Å². The van der Waals surface area contributed by atoms with Gasteiger partial charge in [0.2, 0.25) is 0 Å². The van der Waals surface area contributed by atoms with Crippen LogP contribution in [0.5, 0.6) is 0 Å². The fourth-order valence-electron chi connectivity index (χ4n) is 3.19. The summed E-state index contributed by atoms with van der Waals surface area (Å²) in [6.07, 6.45) is 4.68. The molecule has 3 rings (SSSR count). The number of hydrogen-bond acceptors (Lipinski definition) is 1. The van der Waals surface area contributed by atoms with Crippen LogP contribution in [-0.4, -0.2) is 5.78 Å². The predicted molar refractivity (Wildman–Crippen MR) is 92.3 cm³/mol. The van der Waals surface area contributed by atoms with Crippen molar-refractivity contribution in [1.29, 1.82) is 0 Å². The lowest BCUT2D eigenvalue weighted by Crippen LogP contribution is -2.13. The molecule has 2 heteroatoms. The smallest absolute Gasteiger partial charge is 0.163 e. The van der Waals surface area contributed by atoms with Crippen molar-refractivity contribution in [1.82, 2.24) is 0 Å². The van der Waals surface area contributed by atoms with E-state index in [-0.39, 0.29) is 17.6 Å². The standard InChI is InChI=1S/C20H19ClO/c1-3-14-5-6-16(15-7-9-17(21)10-8-15)12-18(14)20-13(2)4-11-19(20)22/h4-13,20H,3H2,1-2H3. The highest BCUT2D eigenvalue weighted by molar-refractivity contribution is 6.30. The van der Waals surface area contributed by atoms with Crippen LogP contribution in [0, 0.1) is 5.92 Å². The second kappa shape index (κ2) is 6.10. The Morgan fingerprint density at radius 3 is 2.32 bits per heavy atom. The minimum atomic E-state index is -0.0396. The number of carbonyl (C=O) groups is 1. The molecule has 2 aromatic rings. The third-order valence-corrected chi connectivity index (χ3v) is 4.69. The van der Waals surface area contributed by atoms with Gasteiger partial charge in [0, 0.05) is 5.02 Å². The van der Waals surface area contributed by atoms with Crippen molar-refractivity contribution in [3.8, 4) is 11.1 Å². The van der Waals surface area contributed by atoms with E-state index in [4.69, 9.17) is 11.6 Å². The van der Waals surface area contributed by atoms with Crippen LogP contribution in [-0.2, 0) is 11.2 Å². The average molecular weight is 311 g/mol. The maximum absolute atomic E-state index is 12.2. The van der Waals surface area contributed by atoms with Crippen LogP contribution in [0.15, 0.2) is 54.6 Å². The Hall–Kier alpha value is -1.86. The fraction of sp³-hybridized carbons (Fsp3) is 0.250. The number of carbonyl (C=O) groups excluding carboxylic acids is 1. The van der Waals surface area contributed by atoms with Crippen LogP contribution in [0.1, 0.15) is 30.9 Å². The van der Waals surface area contributed by atoms with Gasteiger partial charge < -0.3 is 0 Å². The SMILES string of the molecule is CCc1ccc(-c2ccc(Cl)cc2)cc1C1C(=O)C=CC1C. The molecule has 2 atom stereocenters. The van der Waals surface area contributed by atoms with Crippen LogP contribution in [0.3, 0.4) is 0 Å². The number of allylic oxidation sites excluding steroid dienone is 2. The van der Waals surface area contributed by atoms with Gasteiger partial charge in [0.25, 0.3) is 0 Å². The number of halogens is 1. The van der Waals surface area contributed by atoms with Gasteiger partial charge in [-0.05, 0) is 52.8 Å². The molecular weight excluding hydrogens is 292 g/mol. The summed E-state index contributed by atoms with van der Waals surface area (Å²) >= 11 is 5.97. The summed E-state index contributed by atoms with van der Waals surface area (Å²) in [6, 6.07) is 14.3. The number of ketones is 1. The molecule has 0 heterocycles. The zero-order valence-electron chi connectivity index (χ0n) is 12.8. The van der Waals surface area contributed by atoms with Crippen LogP contribution in [0.2, 0.25) is 5.02 Å². The summed E-state index contributed by atoms with van der Waals surface area (Å²) in [5.74, 6) is 0.441. The topological polar surface area (TPSA) is 17.1 Å². The van der Waals surface area contributed by atoms with Gasteiger partial charge in [-0.2, -0.15) is 0 Å². The monoisotopic (exact) mass is 310 g/mol. The first kappa shape index (κ1) is 15.1. The molecule has 2 aromatic carbocycles. The molecule has 0 saturated carbocycles. The Labute approximate surface area is 136 Å². The Morgan fingerprint density at radius 2 is 1.73 bits per heavy atom. The van der Waals surface area contributed by atoms with Gasteiger partial charge in [-0.3, -0.25) is 4.79 Å². The van der Waals surface area contributed by atoms with E-state index in [1.165, 1.54) is 5.56 Å². The van der Waals surface area contributed by atoms with Gasteiger partial charge in [-0.25, -0.2) is 0 Å². The maximum Gasteiger partial charge on any atom is 0.163 e. The van der Waals surface area contributed by atoms with E-state index in [0.29, 0.717) is 0 Å². The molecule has 0 N–H and O–H groups in total. The van der Waals surface area contributed by atoms with Gasteiger partial charge in [-0.1, -0.05) is 61.9 Å². The summed E-state index contributed by atoms with van der Waals surface area (Å²) in [5, 5.41) is 0.734. The minimum absolute atomic E-state index is 0.0396. The van der Waals surface area contributed by atoms with Gasteiger partial charge in [0.05, 0.1) is 5.92 Å². The number of hydrogen-bond donors (Lipinski definition) is 0. The Morgan fingerprint density at radius 1 is 1.05 bits per heavy atom. The number of aryl methyl sites for hydroxylation is 1. The molecule has 0 aliphatic heterocycles. The molecule has 0 aromatic heterocycles.